The molecule has 5 nitrogen and oxygen atoms in total. The minimum Gasteiger partial charge on any atom is -0.373 e. The summed E-state index contributed by atoms with van der Waals surface area (Å²) in [5, 5.41) is 6.14. The average Bonchev–Trinajstić information content (AvgIpc) is 2.40. The van der Waals surface area contributed by atoms with Gasteiger partial charge in [-0.05, 0) is 19.1 Å². The van der Waals surface area contributed by atoms with Gasteiger partial charge in [0.2, 0.25) is 5.95 Å². The van der Waals surface area contributed by atoms with E-state index in [1.165, 1.54) is 0 Å². The fourth-order valence-corrected chi connectivity index (χ4v) is 1.48. The Morgan fingerprint density at radius 2 is 1.94 bits per heavy atom. The van der Waals surface area contributed by atoms with E-state index in [4.69, 9.17) is 0 Å². The van der Waals surface area contributed by atoms with Gasteiger partial charge in [0.05, 0.1) is 5.69 Å². The fourth-order valence-electron chi connectivity index (χ4n) is 1.48. The Morgan fingerprint density at radius 1 is 1.18 bits per heavy atom. The minimum absolute atomic E-state index is 0.631. The van der Waals surface area contributed by atoms with Crippen molar-refractivity contribution >= 4 is 11.8 Å². The monoisotopic (exact) mass is 229 g/mol. The highest BCUT2D eigenvalue weighted by atomic mass is 15.1. The van der Waals surface area contributed by atoms with Crippen molar-refractivity contribution in [1.82, 2.24) is 15.0 Å². The molecule has 0 fully saturated rings. The first-order chi connectivity index (χ1) is 8.33. The van der Waals surface area contributed by atoms with Gasteiger partial charge in [0.25, 0.3) is 0 Å². The number of anilines is 2. The molecule has 0 amide bonds. The third kappa shape index (κ3) is 2.69. The minimum atomic E-state index is 0.631. The van der Waals surface area contributed by atoms with Gasteiger partial charge in [-0.25, -0.2) is 4.98 Å². The van der Waals surface area contributed by atoms with Crippen LogP contribution >= 0.6 is 0 Å². The SMILES string of the molecule is CCNc1nc(NC)cc(-c2ccncc2)n1. The summed E-state index contributed by atoms with van der Waals surface area (Å²) in [6.45, 7) is 2.81. The zero-order valence-corrected chi connectivity index (χ0v) is 9.94. The summed E-state index contributed by atoms with van der Waals surface area (Å²) in [6, 6.07) is 5.77. The molecule has 2 N–H and O–H groups in total. The molecule has 0 bridgehead atoms. The van der Waals surface area contributed by atoms with Crippen molar-refractivity contribution in [2.24, 2.45) is 0 Å². The van der Waals surface area contributed by atoms with Gasteiger partial charge in [-0.2, -0.15) is 4.98 Å². The van der Waals surface area contributed by atoms with Crippen molar-refractivity contribution in [1.29, 1.82) is 0 Å². The Hall–Kier alpha value is -2.17. The van der Waals surface area contributed by atoms with Gasteiger partial charge < -0.3 is 10.6 Å². The highest BCUT2D eigenvalue weighted by Gasteiger charge is 2.04. The maximum Gasteiger partial charge on any atom is 0.225 e. The molecule has 2 rings (SSSR count). The van der Waals surface area contributed by atoms with Crippen LogP contribution in [-0.2, 0) is 0 Å². The molecule has 0 unspecified atom stereocenters. The highest BCUT2D eigenvalue weighted by Crippen LogP contribution is 2.20. The summed E-state index contributed by atoms with van der Waals surface area (Å²) in [4.78, 5) is 12.8. The molecule has 0 spiro atoms. The third-order valence-electron chi connectivity index (χ3n) is 2.29. The maximum absolute atomic E-state index is 4.45. The van der Waals surface area contributed by atoms with Crippen LogP contribution in [0, 0.1) is 0 Å². The molecule has 5 heteroatoms. The molecular formula is C12H15N5. The summed E-state index contributed by atoms with van der Waals surface area (Å²) in [5.74, 6) is 1.42. The summed E-state index contributed by atoms with van der Waals surface area (Å²) in [6.07, 6.45) is 3.51. The smallest absolute Gasteiger partial charge is 0.225 e. The fraction of sp³-hybridized carbons (Fsp3) is 0.250. The first-order valence-electron chi connectivity index (χ1n) is 5.54. The Labute approximate surface area is 100 Å². The molecule has 2 aromatic rings. The topological polar surface area (TPSA) is 62.7 Å². The first-order valence-corrected chi connectivity index (χ1v) is 5.54. The van der Waals surface area contributed by atoms with E-state index in [0.717, 1.165) is 23.6 Å². The van der Waals surface area contributed by atoms with Crippen LogP contribution < -0.4 is 10.6 Å². The number of pyridine rings is 1. The molecule has 0 radical (unpaired) electrons. The molecule has 88 valence electrons. The van der Waals surface area contributed by atoms with Crippen LogP contribution in [0.2, 0.25) is 0 Å². The molecule has 2 heterocycles. The van der Waals surface area contributed by atoms with Crippen molar-refractivity contribution in [2.75, 3.05) is 24.2 Å². The predicted octanol–water partition coefficient (Wildman–Crippen LogP) is 2.01. The molecule has 0 aliphatic rings. The van der Waals surface area contributed by atoms with Crippen molar-refractivity contribution in [3.63, 3.8) is 0 Å². The second-order valence-corrected chi connectivity index (χ2v) is 3.48. The maximum atomic E-state index is 4.45. The first kappa shape index (κ1) is 11.3. The highest BCUT2D eigenvalue weighted by molar-refractivity contribution is 5.63. The van der Waals surface area contributed by atoms with E-state index in [-0.39, 0.29) is 0 Å². The molecule has 0 aliphatic carbocycles. The number of hydrogen-bond acceptors (Lipinski definition) is 5. The molecule has 17 heavy (non-hydrogen) atoms. The van der Waals surface area contributed by atoms with Gasteiger partial charge in [-0.3, -0.25) is 4.98 Å². The molecular weight excluding hydrogens is 214 g/mol. The second-order valence-electron chi connectivity index (χ2n) is 3.48. The van der Waals surface area contributed by atoms with Gasteiger partial charge >= 0.3 is 0 Å². The van der Waals surface area contributed by atoms with Gasteiger partial charge in [-0.1, -0.05) is 0 Å². The molecule has 0 aliphatic heterocycles. The number of nitrogens with zero attached hydrogens (tertiary/aromatic N) is 3. The zero-order valence-electron chi connectivity index (χ0n) is 9.94. The zero-order chi connectivity index (χ0) is 12.1. The van der Waals surface area contributed by atoms with E-state index < -0.39 is 0 Å². The van der Waals surface area contributed by atoms with E-state index in [0.29, 0.717) is 5.95 Å². The Kier molecular flexibility index (Phi) is 3.49. The van der Waals surface area contributed by atoms with Crippen LogP contribution in [0.15, 0.2) is 30.6 Å². The van der Waals surface area contributed by atoms with Crippen LogP contribution in [0.5, 0.6) is 0 Å². The van der Waals surface area contributed by atoms with Crippen LogP contribution in [-0.4, -0.2) is 28.5 Å². The molecule has 0 atom stereocenters. The lowest BCUT2D eigenvalue weighted by Gasteiger charge is -2.08. The lowest BCUT2D eigenvalue weighted by molar-refractivity contribution is 1.09. The van der Waals surface area contributed by atoms with Gasteiger partial charge in [0.15, 0.2) is 0 Å². The lowest BCUT2D eigenvalue weighted by Crippen LogP contribution is -2.05. The van der Waals surface area contributed by atoms with Crippen LogP contribution in [0.1, 0.15) is 6.92 Å². The third-order valence-corrected chi connectivity index (χ3v) is 2.29. The molecule has 0 saturated carbocycles. The van der Waals surface area contributed by atoms with E-state index >= 15 is 0 Å². The van der Waals surface area contributed by atoms with Crippen LogP contribution in [0.4, 0.5) is 11.8 Å². The summed E-state index contributed by atoms with van der Waals surface area (Å²) in [5.41, 5.74) is 1.90. The molecule has 0 saturated heterocycles. The van der Waals surface area contributed by atoms with E-state index in [2.05, 4.69) is 25.6 Å². The molecule has 0 aromatic carbocycles. The van der Waals surface area contributed by atoms with Crippen LogP contribution in [0.25, 0.3) is 11.3 Å². The number of aromatic nitrogens is 3. The van der Waals surface area contributed by atoms with E-state index in [9.17, 15) is 0 Å². The Morgan fingerprint density at radius 3 is 2.59 bits per heavy atom. The standard InChI is InChI=1S/C12H15N5/c1-3-15-12-16-10(8-11(13-2)17-12)9-4-6-14-7-5-9/h4-8H,3H2,1-2H3,(H2,13,15,16,17). The lowest BCUT2D eigenvalue weighted by atomic mass is 10.2. The number of rotatable bonds is 4. The summed E-state index contributed by atoms with van der Waals surface area (Å²) >= 11 is 0. The summed E-state index contributed by atoms with van der Waals surface area (Å²) < 4.78 is 0. The van der Waals surface area contributed by atoms with Gasteiger partial charge in [0.1, 0.15) is 5.82 Å². The second kappa shape index (κ2) is 5.25. The summed E-state index contributed by atoms with van der Waals surface area (Å²) in [7, 11) is 1.84. The van der Waals surface area contributed by atoms with Gasteiger partial charge in [-0.15, -0.1) is 0 Å². The number of nitrogens with one attached hydrogen (secondary N) is 2. The molecule has 2 aromatic heterocycles. The predicted molar refractivity (Wildman–Crippen MR) is 69.0 cm³/mol. The van der Waals surface area contributed by atoms with Crippen molar-refractivity contribution < 1.29 is 0 Å². The normalized spacial score (nSPS) is 10.0. The quantitative estimate of drug-likeness (QED) is 0.839. The van der Waals surface area contributed by atoms with Crippen molar-refractivity contribution in [3.05, 3.63) is 30.6 Å². The largest absolute Gasteiger partial charge is 0.373 e. The Bertz CT molecular complexity index is 484. The van der Waals surface area contributed by atoms with E-state index in [1.54, 1.807) is 12.4 Å². The van der Waals surface area contributed by atoms with Crippen molar-refractivity contribution in [2.45, 2.75) is 6.92 Å². The van der Waals surface area contributed by atoms with Crippen molar-refractivity contribution in [3.8, 4) is 11.3 Å². The van der Waals surface area contributed by atoms with E-state index in [1.807, 2.05) is 32.2 Å². The Balaban J connectivity index is 2.43. The van der Waals surface area contributed by atoms with Gasteiger partial charge in [0, 0.05) is 37.6 Å². The number of hydrogen-bond donors (Lipinski definition) is 2. The average molecular weight is 229 g/mol. The van der Waals surface area contributed by atoms with Crippen LogP contribution in [0.3, 0.4) is 0 Å².